The van der Waals surface area contributed by atoms with Gasteiger partial charge in [0.1, 0.15) is 0 Å². The van der Waals surface area contributed by atoms with Gasteiger partial charge in [-0.25, -0.2) is 0 Å². The van der Waals surface area contributed by atoms with Gasteiger partial charge in [-0.3, -0.25) is 0 Å². The summed E-state index contributed by atoms with van der Waals surface area (Å²) < 4.78 is 0. The van der Waals surface area contributed by atoms with Crippen LogP contribution in [-0.2, 0) is 0 Å². The SMILES string of the molecule is CCCC(CC)(CC)CCl. The molecule has 0 atom stereocenters. The second-order valence-electron chi connectivity index (χ2n) is 3.09. The highest BCUT2D eigenvalue weighted by Gasteiger charge is 2.23. The first kappa shape index (κ1) is 10.3. The average Bonchev–Trinajstić information content (AvgIpc) is 2.01. The first-order chi connectivity index (χ1) is 4.74. The van der Waals surface area contributed by atoms with Crippen molar-refractivity contribution in [3.8, 4) is 0 Å². The second kappa shape index (κ2) is 5.01. The molecule has 0 amide bonds. The summed E-state index contributed by atoms with van der Waals surface area (Å²) in [7, 11) is 0. The van der Waals surface area contributed by atoms with Crippen molar-refractivity contribution in [3.63, 3.8) is 0 Å². The Kier molecular flexibility index (Phi) is 5.15. The van der Waals surface area contributed by atoms with Crippen LogP contribution in [0, 0.1) is 5.41 Å². The molecule has 0 N–H and O–H groups in total. The van der Waals surface area contributed by atoms with Crippen LogP contribution in [-0.4, -0.2) is 5.88 Å². The fourth-order valence-corrected chi connectivity index (χ4v) is 1.90. The topological polar surface area (TPSA) is 0 Å². The van der Waals surface area contributed by atoms with E-state index in [-0.39, 0.29) is 0 Å². The summed E-state index contributed by atoms with van der Waals surface area (Å²) in [5.74, 6) is 0.827. The van der Waals surface area contributed by atoms with Crippen LogP contribution in [0.4, 0.5) is 0 Å². The fourth-order valence-electron chi connectivity index (χ4n) is 1.39. The smallest absolute Gasteiger partial charge is 0.0279 e. The highest BCUT2D eigenvalue weighted by Crippen LogP contribution is 2.32. The Hall–Kier alpha value is 0.290. The summed E-state index contributed by atoms with van der Waals surface area (Å²) in [4.78, 5) is 0. The molecule has 0 bridgehead atoms. The highest BCUT2D eigenvalue weighted by atomic mass is 35.5. The molecule has 0 aromatic carbocycles. The molecule has 0 aliphatic carbocycles. The van der Waals surface area contributed by atoms with E-state index in [1.54, 1.807) is 0 Å². The lowest BCUT2D eigenvalue weighted by Crippen LogP contribution is -2.20. The number of hydrogen-bond acceptors (Lipinski definition) is 0. The minimum absolute atomic E-state index is 0.441. The second-order valence-corrected chi connectivity index (χ2v) is 3.36. The van der Waals surface area contributed by atoms with Crippen molar-refractivity contribution in [1.29, 1.82) is 0 Å². The van der Waals surface area contributed by atoms with Crippen LogP contribution in [0.3, 0.4) is 0 Å². The highest BCUT2D eigenvalue weighted by molar-refractivity contribution is 6.18. The molecule has 0 spiro atoms. The van der Waals surface area contributed by atoms with Gasteiger partial charge in [-0.05, 0) is 24.7 Å². The minimum atomic E-state index is 0.441. The first-order valence-corrected chi connectivity index (χ1v) is 4.84. The van der Waals surface area contributed by atoms with Crippen molar-refractivity contribution >= 4 is 11.6 Å². The molecule has 0 aliphatic heterocycles. The van der Waals surface area contributed by atoms with Crippen LogP contribution in [0.25, 0.3) is 0 Å². The van der Waals surface area contributed by atoms with E-state index < -0.39 is 0 Å². The van der Waals surface area contributed by atoms with E-state index in [0.717, 1.165) is 5.88 Å². The molecule has 10 heavy (non-hydrogen) atoms. The van der Waals surface area contributed by atoms with Crippen molar-refractivity contribution in [2.24, 2.45) is 5.41 Å². The van der Waals surface area contributed by atoms with Crippen molar-refractivity contribution in [3.05, 3.63) is 0 Å². The molecule has 0 aliphatic rings. The number of halogens is 1. The quantitative estimate of drug-likeness (QED) is 0.539. The molecule has 0 saturated heterocycles. The lowest BCUT2D eigenvalue weighted by atomic mass is 9.80. The zero-order valence-electron chi connectivity index (χ0n) is 7.41. The van der Waals surface area contributed by atoms with Gasteiger partial charge in [-0.2, -0.15) is 0 Å². The Bertz CT molecular complexity index is 66.5. The van der Waals surface area contributed by atoms with Crippen molar-refractivity contribution in [2.45, 2.75) is 46.5 Å². The minimum Gasteiger partial charge on any atom is -0.126 e. The van der Waals surface area contributed by atoms with Gasteiger partial charge in [-0.1, -0.05) is 27.2 Å². The van der Waals surface area contributed by atoms with Crippen LogP contribution in [0.15, 0.2) is 0 Å². The predicted molar refractivity (Wildman–Crippen MR) is 48.6 cm³/mol. The molecular weight excluding hydrogens is 144 g/mol. The number of rotatable bonds is 5. The maximum atomic E-state index is 5.90. The molecular formula is C9H19Cl. The lowest BCUT2D eigenvalue weighted by Gasteiger charge is -2.28. The predicted octanol–water partition coefficient (Wildman–Crippen LogP) is 3.83. The average molecular weight is 163 g/mol. The molecule has 0 nitrogen and oxygen atoms in total. The van der Waals surface area contributed by atoms with E-state index >= 15 is 0 Å². The van der Waals surface area contributed by atoms with E-state index in [0.29, 0.717) is 5.41 Å². The summed E-state index contributed by atoms with van der Waals surface area (Å²) in [6.07, 6.45) is 4.99. The first-order valence-electron chi connectivity index (χ1n) is 4.30. The van der Waals surface area contributed by atoms with E-state index in [4.69, 9.17) is 11.6 Å². The third kappa shape index (κ3) is 2.49. The Morgan fingerprint density at radius 2 is 1.60 bits per heavy atom. The van der Waals surface area contributed by atoms with Crippen LogP contribution in [0.5, 0.6) is 0 Å². The van der Waals surface area contributed by atoms with Crippen LogP contribution in [0.2, 0.25) is 0 Å². The van der Waals surface area contributed by atoms with Gasteiger partial charge in [0.2, 0.25) is 0 Å². The summed E-state index contributed by atoms with van der Waals surface area (Å²) in [5.41, 5.74) is 0.441. The van der Waals surface area contributed by atoms with Crippen LogP contribution in [0.1, 0.15) is 46.5 Å². The maximum absolute atomic E-state index is 5.90. The van der Waals surface area contributed by atoms with Gasteiger partial charge in [0.05, 0.1) is 0 Å². The van der Waals surface area contributed by atoms with E-state index in [9.17, 15) is 0 Å². The Labute approximate surface area is 70.0 Å². The van der Waals surface area contributed by atoms with Gasteiger partial charge < -0.3 is 0 Å². The molecule has 0 radical (unpaired) electrons. The van der Waals surface area contributed by atoms with Crippen LogP contribution >= 0.6 is 11.6 Å². The normalized spacial score (nSPS) is 12.0. The van der Waals surface area contributed by atoms with Gasteiger partial charge in [0.25, 0.3) is 0 Å². The molecule has 0 saturated carbocycles. The number of hydrogen-bond donors (Lipinski definition) is 0. The zero-order chi connectivity index (χ0) is 8.04. The Balaban J connectivity index is 3.87. The van der Waals surface area contributed by atoms with Gasteiger partial charge in [0, 0.05) is 5.88 Å². The Morgan fingerprint density at radius 1 is 1.10 bits per heavy atom. The number of alkyl halides is 1. The monoisotopic (exact) mass is 162 g/mol. The van der Waals surface area contributed by atoms with Crippen LogP contribution < -0.4 is 0 Å². The molecule has 0 aromatic rings. The molecule has 0 rings (SSSR count). The van der Waals surface area contributed by atoms with E-state index in [1.807, 2.05) is 0 Å². The van der Waals surface area contributed by atoms with Gasteiger partial charge in [-0.15, -0.1) is 11.6 Å². The fraction of sp³-hybridized carbons (Fsp3) is 1.00. The summed E-state index contributed by atoms with van der Waals surface area (Å²) in [6.45, 7) is 6.70. The van der Waals surface area contributed by atoms with E-state index in [1.165, 1.54) is 25.7 Å². The standard InChI is InChI=1S/C9H19Cl/c1-4-7-9(5-2,6-3)8-10/h4-8H2,1-3H3. The summed E-state index contributed by atoms with van der Waals surface area (Å²) in [6, 6.07) is 0. The van der Waals surface area contributed by atoms with Gasteiger partial charge in [0.15, 0.2) is 0 Å². The Morgan fingerprint density at radius 3 is 1.70 bits per heavy atom. The molecule has 0 aromatic heterocycles. The molecule has 0 fully saturated rings. The molecule has 1 heteroatoms. The van der Waals surface area contributed by atoms with Crippen molar-refractivity contribution in [1.82, 2.24) is 0 Å². The molecule has 0 unspecified atom stereocenters. The lowest BCUT2D eigenvalue weighted by molar-refractivity contribution is 0.276. The third-order valence-electron chi connectivity index (χ3n) is 2.56. The van der Waals surface area contributed by atoms with E-state index in [2.05, 4.69) is 20.8 Å². The van der Waals surface area contributed by atoms with Crippen molar-refractivity contribution in [2.75, 3.05) is 5.88 Å². The molecule has 0 heterocycles. The summed E-state index contributed by atoms with van der Waals surface area (Å²) in [5, 5.41) is 0. The maximum Gasteiger partial charge on any atom is 0.0279 e. The third-order valence-corrected chi connectivity index (χ3v) is 3.13. The van der Waals surface area contributed by atoms with Gasteiger partial charge >= 0.3 is 0 Å². The molecule has 62 valence electrons. The summed E-state index contributed by atoms with van der Waals surface area (Å²) >= 11 is 5.90. The van der Waals surface area contributed by atoms with Crippen molar-refractivity contribution < 1.29 is 0 Å². The largest absolute Gasteiger partial charge is 0.126 e. The zero-order valence-corrected chi connectivity index (χ0v) is 8.17.